The van der Waals surface area contributed by atoms with Crippen molar-refractivity contribution in [2.45, 2.75) is 51.0 Å². The van der Waals surface area contributed by atoms with Gasteiger partial charge in [-0.25, -0.2) is 0 Å². The van der Waals surface area contributed by atoms with Gasteiger partial charge in [-0.1, -0.05) is 25.3 Å². The summed E-state index contributed by atoms with van der Waals surface area (Å²) in [6.07, 6.45) is 5.99. The summed E-state index contributed by atoms with van der Waals surface area (Å²) in [4.78, 5) is 27.5. The molecule has 0 bridgehead atoms. The zero-order valence-electron chi connectivity index (χ0n) is 11.7. The van der Waals surface area contributed by atoms with Crippen molar-refractivity contribution < 1.29 is 14.7 Å². The van der Waals surface area contributed by atoms with Crippen LogP contribution in [-0.4, -0.2) is 27.5 Å². The van der Waals surface area contributed by atoms with Crippen molar-refractivity contribution in [2.75, 3.05) is 0 Å². The van der Waals surface area contributed by atoms with Gasteiger partial charge in [-0.15, -0.1) is 0 Å². The molecule has 0 radical (unpaired) electrons. The largest absolute Gasteiger partial charge is 0.481 e. The van der Waals surface area contributed by atoms with E-state index in [0.29, 0.717) is 5.69 Å². The van der Waals surface area contributed by atoms with Gasteiger partial charge in [0.25, 0.3) is 5.91 Å². The molecular weight excluding hydrogens is 256 g/mol. The van der Waals surface area contributed by atoms with Crippen molar-refractivity contribution >= 4 is 11.9 Å². The number of amides is 1. The Hall–Kier alpha value is -1.91. The van der Waals surface area contributed by atoms with Crippen molar-refractivity contribution in [3.63, 3.8) is 0 Å². The van der Waals surface area contributed by atoms with E-state index in [1.54, 1.807) is 12.3 Å². The number of carboxylic acid groups (broad SMARTS) is 1. The molecule has 0 spiro atoms. The van der Waals surface area contributed by atoms with E-state index in [4.69, 9.17) is 5.11 Å². The van der Waals surface area contributed by atoms with Crippen molar-refractivity contribution in [1.82, 2.24) is 10.3 Å². The summed E-state index contributed by atoms with van der Waals surface area (Å²) < 4.78 is 0. The molecule has 1 amide bonds. The molecule has 0 aromatic carbocycles. The fraction of sp³-hybridized carbons (Fsp3) is 0.533. The molecule has 1 aliphatic rings. The summed E-state index contributed by atoms with van der Waals surface area (Å²) in [5, 5.41) is 12.0. The van der Waals surface area contributed by atoms with Crippen LogP contribution in [0.1, 0.15) is 54.6 Å². The zero-order chi connectivity index (χ0) is 14.6. The van der Waals surface area contributed by atoms with Crippen LogP contribution >= 0.6 is 0 Å². The lowest BCUT2D eigenvalue weighted by Gasteiger charge is -2.37. The molecule has 1 heterocycles. The molecule has 5 heteroatoms. The smallest absolute Gasteiger partial charge is 0.305 e. The van der Waals surface area contributed by atoms with Gasteiger partial charge in [-0.05, 0) is 31.4 Å². The number of pyridine rings is 1. The zero-order valence-corrected chi connectivity index (χ0v) is 11.7. The third kappa shape index (κ3) is 3.35. The first kappa shape index (κ1) is 14.5. The second kappa shape index (κ2) is 6.03. The maximum absolute atomic E-state index is 12.4. The number of hydrogen-bond donors (Lipinski definition) is 2. The number of aromatic nitrogens is 1. The molecule has 2 N–H and O–H groups in total. The van der Waals surface area contributed by atoms with Gasteiger partial charge in [0.2, 0.25) is 0 Å². The highest BCUT2D eigenvalue weighted by molar-refractivity contribution is 5.94. The number of nitrogens with zero attached hydrogens (tertiary/aromatic N) is 1. The van der Waals surface area contributed by atoms with Crippen LogP contribution in [0.3, 0.4) is 0 Å². The van der Waals surface area contributed by atoms with Gasteiger partial charge in [0.15, 0.2) is 0 Å². The molecule has 5 nitrogen and oxygen atoms in total. The highest BCUT2D eigenvalue weighted by Gasteiger charge is 2.36. The van der Waals surface area contributed by atoms with E-state index in [-0.39, 0.29) is 12.3 Å². The van der Waals surface area contributed by atoms with Crippen LogP contribution in [0.5, 0.6) is 0 Å². The molecule has 108 valence electrons. The van der Waals surface area contributed by atoms with E-state index in [1.165, 1.54) is 0 Å². The van der Waals surface area contributed by atoms with Crippen molar-refractivity contribution in [3.8, 4) is 0 Å². The first-order chi connectivity index (χ1) is 9.52. The Kier molecular flexibility index (Phi) is 4.37. The van der Waals surface area contributed by atoms with Gasteiger partial charge >= 0.3 is 5.97 Å². The van der Waals surface area contributed by atoms with Crippen molar-refractivity contribution in [2.24, 2.45) is 0 Å². The Morgan fingerprint density at radius 3 is 2.65 bits per heavy atom. The highest BCUT2D eigenvalue weighted by atomic mass is 16.4. The molecular formula is C15H20N2O3. The number of carboxylic acids is 1. The molecule has 0 saturated heterocycles. The van der Waals surface area contributed by atoms with E-state index in [0.717, 1.165) is 37.7 Å². The lowest BCUT2D eigenvalue weighted by Crippen LogP contribution is -2.51. The first-order valence-corrected chi connectivity index (χ1v) is 6.98. The molecule has 0 aliphatic heterocycles. The van der Waals surface area contributed by atoms with Crippen LogP contribution in [0.15, 0.2) is 18.3 Å². The molecule has 1 aromatic rings. The number of rotatable bonds is 4. The second-order valence-electron chi connectivity index (χ2n) is 5.53. The average molecular weight is 276 g/mol. The Morgan fingerprint density at radius 1 is 1.35 bits per heavy atom. The van der Waals surface area contributed by atoms with Crippen LogP contribution in [-0.2, 0) is 4.79 Å². The van der Waals surface area contributed by atoms with Crippen LogP contribution in [0, 0.1) is 6.92 Å². The highest BCUT2D eigenvalue weighted by Crippen LogP contribution is 2.31. The van der Waals surface area contributed by atoms with Crippen LogP contribution < -0.4 is 5.32 Å². The van der Waals surface area contributed by atoms with Gasteiger partial charge < -0.3 is 10.4 Å². The van der Waals surface area contributed by atoms with Crippen LogP contribution in [0.2, 0.25) is 0 Å². The summed E-state index contributed by atoms with van der Waals surface area (Å²) in [7, 11) is 0. The summed E-state index contributed by atoms with van der Waals surface area (Å²) in [6, 6.07) is 3.60. The maximum atomic E-state index is 12.4. The van der Waals surface area contributed by atoms with Gasteiger partial charge in [-0.3, -0.25) is 14.6 Å². The predicted octanol–water partition coefficient (Wildman–Crippen LogP) is 2.30. The van der Waals surface area contributed by atoms with Crippen molar-refractivity contribution in [3.05, 3.63) is 29.6 Å². The van der Waals surface area contributed by atoms with Crippen LogP contribution in [0.25, 0.3) is 0 Å². The quantitative estimate of drug-likeness (QED) is 0.884. The Morgan fingerprint density at radius 2 is 2.05 bits per heavy atom. The summed E-state index contributed by atoms with van der Waals surface area (Å²) in [6.45, 7) is 1.83. The molecule has 1 saturated carbocycles. The van der Waals surface area contributed by atoms with Gasteiger partial charge in [0.05, 0.1) is 12.0 Å². The van der Waals surface area contributed by atoms with Gasteiger partial charge in [-0.2, -0.15) is 0 Å². The minimum Gasteiger partial charge on any atom is -0.481 e. The topological polar surface area (TPSA) is 79.3 Å². The molecule has 1 aliphatic carbocycles. The monoisotopic (exact) mass is 276 g/mol. The van der Waals surface area contributed by atoms with E-state index < -0.39 is 11.5 Å². The van der Waals surface area contributed by atoms with Crippen LogP contribution in [0.4, 0.5) is 0 Å². The Bertz CT molecular complexity index is 508. The lowest BCUT2D eigenvalue weighted by atomic mass is 9.79. The molecule has 0 unspecified atom stereocenters. The van der Waals surface area contributed by atoms with E-state index in [9.17, 15) is 9.59 Å². The van der Waals surface area contributed by atoms with Gasteiger partial charge in [0.1, 0.15) is 5.69 Å². The SMILES string of the molecule is Cc1cccnc1C(=O)NC1(CC(=O)O)CCCCC1. The van der Waals surface area contributed by atoms with E-state index in [1.807, 2.05) is 13.0 Å². The number of aryl methyl sites for hydroxylation is 1. The Labute approximate surface area is 118 Å². The number of carbonyl (C=O) groups excluding carboxylic acids is 1. The second-order valence-corrected chi connectivity index (χ2v) is 5.53. The normalized spacial score (nSPS) is 17.4. The fourth-order valence-corrected chi connectivity index (χ4v) is 2.89. The molecule has 2 rings (SSSR count). The number of aliphatic carboxylic acids is 1. The average Bonchev–Trinajstić information content (AvgIpc) is 2.39. The minimum atomic E-state index is -0.870. The number of hydrogen-bond acceptors (Lipinski definition) is 3. The maximum Gasteiger partial charge on any atom is 0.305 e. The van der Waals surface area contributed by atoms with E-state index in [2.05, 4.69) is 10.3 Å². The summed E-state index contributed by atoms with van der Waals surface area (Å²) >= 11 is 0. The summed E-state index contributed by atoms with van der Waals surface area (Å²) in [5.41, 5.74) is 0.555. The van der Waals surface area contributed by atoms with E-state index >= 15 is 0 Å². The summed E-state index contributed by atoms with van der Waals surface area (Å²) in [5.74, 6) is -1.14. The fourth-order valence-electron chi connectivity index (χ4n) is 2.89. The third-order valence-corrected chi connectivity index (χ3v) is 3.90. The number of nitrogens with one attached hydrogen (secondary N) is 1. The first-order valence-electron chi connectivity index (χ1n) is 6.98. The minimum absolute atomic E-state index is 0.0232. The molecule has 20 heavy (non-hydrogen) atoms. The standard InChI is InChI=1S/C15H20N2O3/c1-11-6-5-9-16-13(11)14(20)17-15(10-12(18)19)7-3-2-4-8-15/h5-6,9H,2-4,7-8,10H2,1H3,(H,17,20)(H,18,19). The third-order valence-electron chi connectivity index (χ3n) is 3.90. The number of carbonyl (C=O) groups is 2. The molecule has 0 atom stereocenters. The van der Waals surface area contributed by atoms with Crippen molar-refractivity contribution in [1.29, 1.82) is 0 Å². The van der Waals surface area contributed by atoms with Gasteiger partial charge in [0, 0.05) is 6.20 Å². The predicted molar refractivity (Wildman–Crippen MR) is 74.5 cm³/mol. The molecule has 1 aromatic heterocycles. The Balaban J connectivity index is 2.17. The lowest BCUT2D eigenvalue weighted by molar-refractivity contribution is -0.139. The molecule has 1 fully saturated rings.